The largest absolute Gasteiger partial charge is 0.465 e. The van der Waals surface area contributed by atoms with E-state index in [-0.39, 0.29) is 12.5 Å². The molecule has 7 heteroatoms. The van der Waals surface area contributed by atoms with E-state index in [9.17, 15) is 4.79 Å². The normalized spacial score (nSPS) is 10.8. The van der Waals surface area contributed by atoms with Crippen molar-refractivity contribution in [3.63, 3.8) is 0 Å². The van der Waals surface area contributed by atoms with Crippen molar-refractivity contribution in [2.75, 3.05) is 18.5 Å². The number of nitrogens with zero attached hydrogens (tertiary/aromatic N) is 2. The first-order chi connectivity index (χ1) is 11.6. The molecule has 0 fully saturated rings. The van der Waals surface area contributed by atoms with Gasteiger partial charge in [-0.15, -0.1) is 0 Å². The topological polar surface area (TPSA) is 79.9 Å². The standard InChI is InChI=1S/C17H17ClN4O2/c1-3-24-14(23)9-19-16-13-7-10(2)20-17(13)22-15(21-16)11-5-4-6-12(18)8-11/h4-8H,3,9H2,1-2H3,(H2,19,20,21,22). The quantitative estimate of drug-likeness (QED) is 0.692. The molecule has 0 unspecified atom stereocenters. The Morgan fingerprint density at radius 1 is 1.33 bits per heavy atom. The molecule has 0 spiro atoms. The predicted octanol–water partition coefficient (Wildman–Crippen LogP) is 3.56. The van der Waals surface area contributed by atoms with Gasteiger partial charge in [0.05, 0.1) is 12.0 Å². The lowest BCUT2D eigenvalue weighted by Crippen LogP contribution is -2.17. The van der Waals surface area contributed by atoms with Crippen molar-refractivity contribution in [2.45, 2.75) is 13.8 Å². The lowest BCUT2D eigenvalue weighted by Gasteiger charge is -2.09. The van der Waals surface area contributed by atoms with Crippen molar-refractivity contribution in [3.8, 4) is 11.4 Å². The number of aromatic nitrogens is 3. The summed E-state index contributed by atoms with van der Waals surface area (Å²) in [5, 5.41) is 4.46. The van der Waals surface area contributed by atoms with Gasteiger partial charge in [0.25, 0.3) is 0 Å². The van der Waals surface area contributed by atoms with Crippen LogP contribution in [0, 0.1) is 6.92 Å². The number of hydrogen-bond acceptors (Lipinski definition) is 5. The minimum absolute atomic E-state index is 0.0408. The van der Waals surface area contributed by atoms with Gasteiger partial charge in [-0.3, -0.25) is 4.79 Å². The average molecular weight is 345 g/mol. The first-order valence-electron chi connectivity index (χ1n) is 7.59. The van der Waals surface area contributed by atoms with E-state index < -0.39 is 0 Å². The predicted molar refractivity (Wildman–Crippen MR) is 94.2 cm³/mol. The number of hydrogen-bond donors (Lipinski definition) is 2. The molecular formula is C17H17ClN4O2. The van der Waals surface area contributed by atoms with E-state index in [0.29, 0.717) is 28.9 Å². The first kappa shape index (κ1) is 16.3. The van der Waals surface area contributed by atoms with Crippen molar-refractivity contribution in [2.24, 2.45) is 0 Å². The number of nitrogens with one attached hydrogen (secondary N) is 2. The lowest BCUT2D eigenvalue weighted by molar-refractivity contribution is -0.140. The molecule has 2 aromatic heterocycles. The van der Waals surface area contributed by atoms with E-state index in [1.54, 1.807) is 19.1 Å². The summed E-state index contributed by atoms with van der Waals surface area (Å²) in [4.78, 5) is 23.9. The minimum Gasteiger partial charge on any atom is -0.465 e. The fraction of sp³-hybridized carbons (Fsp3) is 0.235. The Kier molecular flexibility index (Phi) is 4.66. The van der Waals surface area contributed by atoms with Crippen LogP contribution in [0.1, 0.15) is 12.6 Å². The lowest BCUT2D eigenvalue weighted by atomic mass is 10.2. The number of H-pyrrole nitrogens is 1. The molecule has 0 bridgehead atoms. The van der Waals surface area contributed by atoms with Gasteiger partial charge in [0, 0.05) is 16.3 Å². The van der Waals surface area contributed by atoms with Crippen molar-refractivity contribution in [3.05, 3.63) is 41.0 Å². The molecule has 124 valence electrons. The zero-order valence-corrected chi connectivity index (χ0v) is 14.1. The summed E-state index contributed by atoms with van der Waals surface area (Å²) in [6.07, 6.45) is 0. The highest BCUT2D eigenvalue weighted by molar-refractivity contribution is 6.30. The van der Waals surface area contributed by atoms with Crippen LogP contribution in [0.25, 0.3) is 22.4 Å². The Morgan fingerprint density at radius 3 is 2.92 bits per heavy atom. The van der Waals surface area contributed by atoms with Gasteiger partial charge < -0.3 is 15.0 Å². The zero-order chi connectivity index (χ0) is 17.1. The maximum absolute atomic E-state index is 11.6. The van der Waals surface area contributed by atoms with Crippen molar-refractivity contribution < 1.29 is 9.53 Å². The number of benzene rings is 1. The number of esters is 1. The molecule has 2 heterocycles. The molecule has 0 aliphatic carbocycles. The first-order valence-corrected chi connectivity index (χ1v) is 7.97. The van der Waals surface area contributed by atoms with Crippen molar-refractivity contribution >= 4 is 34.4 Å². The second-order valence-electron chi connectivity index (χ2n) is 5.28. The number of rotatable bonds is 5. The molecular weight excluding hydrogens is 328 g/mol. The van der Waals surface area contributed by atoms with Crippen molar-refractivity contribution in [1.82, 2.24) is 15.0 Å². The number of anilines is 1. The van der Waals surface area contributed by atoms with Gasteiger partial charge in [-0.1, -0.05) is 23.7 Å². The van der Waals surface area contributed by atoms with Gasteiger partial charge in [0.15, 0.2) is 5.82 Å². The molecule has 2 N–H and O–H groups in total. The van der Waals surface area contributed by atoms with Crippen LogP contribution in [-0.2, 0) is 9.53 Å². The summed E-state index contributed by atoms with van der Waals surface area (Å²) in [5.74, 6) is 0.770. The average Bonchev–Trinajstić information content (AvgIpc) is 2.93. The minimum atomic E-state index is -0.333. The van der Waals surface area contributed by atoms with Crippen LogP contribution in [0.5, 0.6) is 0 Å². The third kappa shape index (κ3) is 3.49. The molecule has 0 aliphatic rings. The fourth-order valence-electron chi connectivity index (χ4n) is 2.40. The molecule has 6 nitrogen and oxygen atoms in total. The molecule has 3 aromatic rings. The van der Waals surface area contributed by atoms with Crippen LogP contribution in [0.3, 0.4) is 0 Å². The monoisotopic (exact) mass is 344 g/mol. The molecule has 0 amide bonds. The molecule has 0 aliphatic heterocycles. The summed E-state index contributed by atoms with van der Waals surface area (Å²) in [6.45, 7) is 4.10. The molecule has 3 rings (SSSR count). The Morgan fingerprint density at radius 2 is 2.17 bits per heavy atom. The van der Waals surface area contributed by atoms with Crippen LogP contribution in [0.15, 0.2) is 30.3 Å². The van der Waals surface area contributed by atoms with E-state index in [4.69, 9.17) is 16.3 Å². The van der Waals surface area contributed by atoms with E-state index in [1.165, 1.54) is 0 Å². The Bertz CT molecular complexity index is 891. The SMILES string of the molecule is CCOC(=O)CNc1nc(-c2cccc(Cl)c2)nc2[nH]c(C)cc12. The number of halogens is 1. The van der Waals surface area contributed by atoms with Gasteiger partial charge in [0.1, 0.15) is 18.0 Å². The van der Waals surface area contributed by atoms with Gasteiger partial charge in [0.2, 0.25) is 0 Å². The van der Waals surface area contributed by atoms with Crippen LogP contribution >= 0.6 is 11.6 Å². The number of carbonyl (C=O) groups excluding carboxylic acids is 1. The second kappa shape index (κ2) is 6.88. The van der Waals surface area contributed by atoms with Gasteiger partial charge >= 0.3 is 5.97 Å². The molecule has 0 saturated carbocycles. The van der Waals surface area contributed by atoms with E-state index >= 15 is 0 Å². The summed E-state index contributed by atoms with van der Waals surface area (Å²) < 4.78 is 4.94. The molecule has 24 heavy (non-hydrogen) atoms. The third-order valence-electron chi connectivity index (χ3n) is 3.41. The van der Waals surface area contributed by atoms with E-state index in [0.717, 1.165) is 16.6 Å². The van der Waals surface area contributed by atoms with E-state index in [1.807, 2.05) is 25.1 Å². The Balaban J connectivity index is 2.01. The van der Waals surface area contributed by atoms with Crippen molar-refractivity contribution in [1.29, 1.82) is 0 Å². The molecule has 1 aromatic carbocycles. The molecule has 0 saturated heterocycles. The third-order valence-corrected chi connectivity index (χ3v) is 3.65. The maximum atomic E-state index is 11.6. The highest BCUT2D eigenvalue weighted by Gasteiger charge is 2.13. The van der Waals surface area contributed by atoms with Gasteiger partial charge in [-0.25, -0.2) is 9.97 Å². The van der Waals surface area contributed by atoms with Crippen LogP contribution in [-0.4, -0.2) is 34.1 Å². The number of fused-ring (bicyclic) bond motifs is 1. The fourth-order valence-corrected chi connectivity index (χ4v) is 2.59. The number of ether oxygens (including phenoxy) is 1. The zero-order valence-electron chi connectivity index (χ0n) is 13.4. The van der Waals surface area contributed by atoms with Crippen LogP contribution < -0.4 is 5.32 Å². The number of aromatic amines is 1. The number of carbonyl (C=O) groups is 1. The number of aryl methyl sites for hydroxylation is 1. The Hall–Kier alpha value is -2.60. The summed E-state index contributed by atoms with van der Waals surface area (Å²) in [6, 6.07) is 9.26. The molecule has 0 radical (unpaired) electrons. The summed E-state index contributed by atoms with van der Waals surface area (Å²) in [7, 11) is 0. The highest BCUT2D eigenvalue weighted by atomic mass is 35.5. The van der Waals surface area contributed by atoms with Gasteiger partial charge in [-0.05, 0) is 32.0 Å². The second-order valence-corrected chi connectivity index (χ2v) is 5.72. The van der Waals surface area contributed by atoms with Crippen LogP contribution in [0.2, 0.25) is 5.02 Å². The maximum Gasteiger partial charge on any atom is 0.325 e. The summed E-state index contributed by atoms with van der Waals surface area (Å²) in [5.41, 5.74) is 2.46. The van der Waals surface area contributed by atoms with E-state index in [2.05, 4.69) is 20.3 Å². The molecule has 0 atom stereocenters. The summed E-state index contributed by atoms with van der Waals surface area (Å²) >= 11 is 6.05. The highest BCUT2D eigenvalue weighted by Crippen LogP contribution is 2.26. The smallest absolute Gasteiger partial charge is 0.325 e. The van der Waals surface area contributed by atoms with Gasteiger partial charge in [-0.2, -0.15) is 0 Å². The van der Waals surface area contributed by atoms with Crippen LogP contribution in [0.4, 0.5) is 5.82 Å². The Labute approximate surface area is 144 Å².